The third-order valence-electron chi connectivity index (χ3n) is 2.78. The predicted octanol–water partition coefficient (Wildman–Crippen LogP) is 0.962. The molecule has 96 valence electrons. The van der Waals surface area contributed by atoms with E-state index in [0.29, 0.717) is 0 Å². The summed E-state index contributed by atoms with van der Waals surface area (Å²) in [4.78, 5) is 13.8. The summed E-state index contributed by atoms with van der Waals surface area (Å²) in [5.41, 5.74) is 5.70. The zero-order valence-corrected chi connectivity index (χ0v) is 11.0. The molecule has 0 aromatic heterocycles. The molecule has 0 aliphatic rings. The van der Waals surface area contributed by atoms with Crippen molar-refractivity contribution >= 4 is 5.91 Å². The van der Waals surface area contributed by atoms with Gasteiger partial charge in [-0.25, -0.2) is 0 Å². The average molecular weight is 229 g/mol. The number of carbonyl (C=O) groups is 1. The van der Waals surface area contributed by atoms with Crippen molar-refractivity contribution in [1.82, 2.24) is 10.2 Å². The zero-order valence-electron chi connectivity index (χ0n) is 11.0. The monoisotopic (exact) mass is 229 g/mol. The van der Waals surface area contributed by atoms with E-state index in [1.807, 2.05) is 6.92 Å². The largest absolute Gasteiger partial charge is 0.355 e. The first-order valence-corrected chi connectivity index (χ1v) is 6.41. The maximum Gasteiger partial charge on any atom is 0.236 e. The molecule has 0 heterocycles. The SMILES string of the molecule is CCCC(N)C(=O)NCCCN(CC)CC. The Morgan fingerprint density at radius 3 is 2.44 bits per heavy atom. The summed E-state index contributed by atoms with van der Waals surface area (Å²) in [6, 6.07) is -0.335. The maximum atomic E-state index is 11.5. The predicted molar refractivity (Wildman–Crippen MR) is 68.3 cm³/mol. The Hall–Kier alpha value is -0.610. The van der Waals surface area contributed by atoms with Gasteiger partial charge in [-0.2, -0.15) is 0 Å². The molecule has 0 bridgehead atoms. The van der Waals surface area contributed by atoms with Crippen molar-refractivity contribution in [1.29, 1.82) is 0 Å². The highest BCUT2D eigenvalue weighted by Gasteiger charge is 2.10. The lowest BCUT2D eigenvalue weighted by molar-refractivity contribution is -0.122. The van der Waals surface area contributed by atoms with Crippen molar-refractivity contribution in [3.05, 3.63) is 0 Å². The minimum absolute atomic E-state index is 0.0126. The Balaban J connectivity index is 3.54. The van der Waals surface area contributed by atoms with Crippen molar-refractivity contribution < 1.29 is 4.79 Å². The van der Waals surface area contributed by atoms with Crippen LogP contribution in [-0.4, -0.2) is 43.0 Å². The zero-order chi connectivity index (χ0) is 12.4. The van der Waals surface area contributed by atoms with Crippen LogP contribution in [0.1, 0.15) is 40.0 Å². The van der Waals surface area contributed by atoms with Gasteiger partial charge in [0.2, 0.25) is 5.91 Å². The maximum absolute atomic E-state index is 11.5. The molecule has 0 aliphatic carbocycles. The molecule has 1 atom stereocenters. The Morgan fingerprint density at radius 2 is 1.94 bits per heavy atom. The second kappa shape index (κ2) is 9.60. The van der Waals surface area contributed by atoms with Gasteiger partial charge in [0.25, 0.3) is 0 Å². The van der Waals surface area contributed by atoms with E-state index in [1.165, 1.54) is 0 Å². The number of rotatable bonds is 9. The smallest absolute Gasteiger partial charge is 0.236 e. The Kier molecular flexibility index (Phi) is 9.24. The van der Waals surface area contributed by atoms with E-state index < -0.39 is 0 Å². The van der Waals surface area contributed by atoms with Gasteiger partial charge >= 0.3 is 0 Å². The number of hydrogen-bond acceptors (Lipinski definition) is 3. The van der Waals surface area contributed by atoms with E-state index in [0.717, 1.165) is 45.4 Å². The first kappa shape index (κ1) is 15.4. The van der Waals surface area contributed by atoms with Crippen LogP contribution in [0.4, 0.5) is 0 Å². The lowest BCUT2D eigenvalue weighted by Crippen LogP contribution is -2.41. The molecule has 0 spiro atoms. The van der Waals surface area contributed by atoms with E-state index >= 15 is 0 Å². The molecule has 0 fully saturated rings. The minimum Gasteiger partial charge on any atom is -0.355 e. The van der Waals surface area contributed by atoms with Crippen LogP contribution in [0.15, 0.2) is 0 Å². The topological polar surface area (TPSA) is 58.4 Å². The highest BCUT2D eigenvalue weighted by atomic mass is 16.2. The number of amides is 1. The van der Waals surface area contributed by atoms with E-state index in [2.05, 4.69) is 24.1 Å². The molecule has 4 nitrogen and oxygen atoms in total. The van der Waals surface area contributed by atoms with E-state index in [1.54, 1.807) is 0 Å². The molecule has 0 rings (SSSR count). The van der Waals surface area contributed by atoms with Gasteiger partial charge in [0.15, 0.2) is 0 Å². The highest BCUT2D eigenvalue weighted by Crippen LogP contribution is 1.93. The molecular weight excluding hydrogens is 202 g/mol. The number of carbonyl (C=O) groups excluding carboxylic acids is 1. The summed E-state index contributed by atoms with van der Waals surface area (Å²) in [5.74, 6) is -0.0126. The molecule has 3 N–H and O–H groups in total. The van der Waals surface area contributed by atoms with E-state index in [-0.39, 0.29) is 11.9 Å². The van der Waals surface area contributed by atoms with E-state index in [4.69, 9.17) is 5.73 Å². The molecule has 0 aromatic rings. The molecule has 0 saturated carbocycles. The molecule has 1 amide bonds. The Labute approximate surface area is 99.6 Å². The lowest BCUT2D eigenvalue weighted by Gasteiger charge is -2.18. The van der Waals surface area contributed by atoms with Gasteiger partial charge in [0.1, 0.15) is 0 Å². The van der Waals surface area contributed by atoms with Crippen molar-refractivity contribution in [2.75, 3.05) is 26.2 Å². The second-order valence-corrected chi connectivity index (χ2v) is 4.07. The fraction of sp³-hybridized carbons (Fsp3) is 0.917. The van der Waals surface area contributed by atoms with Crippen LogP contribution in [0.5, 0.6) is 0 Å². The third kappa shape index (κ3) is 6.80. The quantitative estimate of drug-likeness (QED) is 0.579. The summed E-state index contributed by atoms with van der Waals surface area (Å²) < 4.78 is 0. The molecule has 0 saturated heterocycles. The van der Waals surface area contributed by atoms with Crippen LogP contribution in [0.3, 0.4) is 0 Å². The van der Waals surface area contributed by atoms with Crippen molar-refractivity contribution in [2.45, 2.75) is 46.1 Å². The van der Waals surface area contributed by atoms with E-state index in [9.17, 15) is 4.79 Å². The standard InChI is InChI=1S/C12H27N3O/c1-4-8-11(13)12(16)14-9-7-10-15(5-2)6-3/h11H,4-10,13H2,1-3H3,(H,14,16). The summed E-state index contributed by atoms with van der Waals surface area (Å²) >= 11 is 0. The van der Waals surface area contributed by atoms with Crippen LogP contribution < -0.4 is 11.1 Å². The summed E-state index contributed by atoms with van der Waals surface area (Å²) in [5, 5.41) is 2.88. The molecule has 0 aromatic carbocycles. The highest BCUT2D eigenvalue weighted by molar-refractivity contribution is 5.81. The van der Waals surface area contributed by atoms with Crippen LogP contribution in [0.2, 0.25) is 0 Å². The summed E-state index contributed by atoms with van der Waals surface area (Å²) in [6.07, 6.45) is 2.71. The Morgan fingerprint density at radius 1 is 1.31 bits per heavy atom. The van der Waals surface area contributed by atoms with Gasteiger partial charge < -0.3 is 16.0 Å². The summed E-state index contributed by atoms with van der Waals surface area (Å²) in [6.45, 7) is 10.2. The molecular formula is C12H27N3O. The fourth-order valence-electron chi connectivity index (χ4n) is 1.63. The third-order valence-corrected chi connectivity index (χ3v) is 2.78. The molecule has 1 unspecified atom stereocenters. The van der Waals surface area contributed by atoms with Gasteiger partial charge in [-0.1, -0.05) is 27.2 Å². The number of nitrogens with one attached hydrogen (secondary N) is 1. The average Bonchev–Trinajstić information content (AvgIpc) is 2.29. The van der Waals surface area contributed by atoms with Crippen LogP contribution in [-0.2, 0) is 4.79 Å². The van der Waals surface area contributed by atoms with Crippen LogP contribution in [0.25, 0.3) is 0 Å². The molecule has 0 aliphatic heterocycles. The number of nitrogens with two attached hydrogens (primary N) is 1. The molecule has 0 radical (unpaired) electrons. The van der Waals surface area contributed by atoms with Crippen molar-refractivity contribution in [3.8, 4) is 0 Å². The molecule has 4 heteroatoms. The fourth-order valence-corrected chi connectivity index (χ4v) is 1.63. The van der Waals surface area contributed by atoms with Gasteiger partial charge in [0.05, 0.1) is 6.04 Å². The van der Waals surface area contributed by atoms with Crippen molar-refractivity contribution in [2.24, 2.45) is 5.73 Å². The van der Waals surface area contributed by atoms with Gasteiger partial charge in [-0.3, -0.25) is 4.79 Å². The normalized spacial score (nSPS) is 12.8. The van der Waals surface area contributed by atoms with Crippen molar-refractivity contribution in [3.63, 3.8) is 0 Å². The Bertz CT molecular complexity index is 181. The summed E-state index contributed by atoms with van der Waals surface area (Å²) in [7, 11) is 0. The molecule has 16 heavy (non-hydrogen) atoms. The van der Waals surface area contributed by atoms with Gasteiger partial charge in [-0.05, 0) is 32.5 Å². The lowest BCUT2D eigenvalue weighted by atomic mass is 10.1. The van der Waals surface area contributed by atoms with Crippen LogP contribution >= 0.6 is 0 Å². The second-order valence-electron chi connectivity index (χ2n) is 4.07. The van der Waals surface area contributed by atoms with Gasteiger partial charge in [-0.15, -0.1) is 0 Å². The van der Waals surface area contributed by atoms with Gasteiger partial charge in [0, 0.05) is 6.54 Å². The number of nitrogens with zero attached hydrogens (tertiary/aromatic N) is 1. The number of hydrogen-bond donors (Lipinski definition) is 2. The minimum atomic E-state index is -0.335. The first-order chi connectivity index (χ1) is 7.65. The van der Waals surface area contributed by atoms with Crippen LogP contribution in [0, 0.1) is 0 Å². The first-order valence-electron chi connectivity index (χ1n) is 6.41.